The van der Waals surface area contributed by atoms with Gasteiger partial charge in [0.15, 0.2) is 11.5 Å². The van der Waals surface area contributed by atoms with Gasteiger partial charge in [-0.05, 0) is 66.4 Å². The highest BCUT2D eigenvalue weighted by Gasteiger charge is 2.34. The summed E-state index contributed by atoms with van der Waals surface area (Å²) in [5.41, 5.74) is 0.761. The molecule has 0 aliphatic carbocycles. The first-order valence-corrected chi connectivity index (χ1v) is 15.5. The van der Waals surface area contributed by atoms with Crippen LogP contribution in [0.3, 0.4) is 0 Å². The Bertz CT molecular complexity index is 1500. The summed E-state index contributed by atoms with van der Waals surface area (Å²) < 4.78 is 53.4. The van der Waals surface area contributed by atoms with Crippen molar-refractivity contribution in [2.24, 2.45) is 5.92 Å². The van der Waals surface area contributed by atoms with E-state index in [2.05, 4.69) is 5.32 Å². The molecule has 0 aliphatic heterocycles. The number of anilines is 1. The highest BCUT2D eigenvalue weighted by atomic mass is 35.5. The Morgan fingerprint density at radius 1 is 0.953 bits per heavy atom. The van der Waals surface area contributed by atoms with Crippen LogP contribution in [0.4, 0.5) is 10.1 Å². The molecule has 0 bridgehead atoms. The molecule has 3 aromatic carbocycles. The molecule has 0 heterocycles. The second-order valence-electron chi connectivity index (χ2n) is 10.2. The molecular weight excluding hydrogens is 597 g/mol. The fourth-order valence-corrected chi connectivity index (χ4v) is 5.92. The molecule has 232 valence electrons. The molecule has 0 aromatic heterocycles. The zero-order valence-electron chi connectivity index (χ0n) is 24.8. The van der Waals surface area contributed by atoms with Crippen LogP contribution in [0.15, 0.2) is 71.6 Å². The summed E-state index contributed by atoms with van der Waals surface area (Å²) in [5.74, 6) is -0.882. The van der Waals surface area contributed by atoms with E-state index in [1.807, 2.05) is 13.8 Å². The van der Waals surface area contributed by atoms with Gasteiger partial charge in [-0.1, -0.05) is 44.5 Å². The molecule has 9 nitrogen and oxygen atoms in total. The van der Waals surface area contributed by atoms with Crippen LogP contribution in [-0.2, 0) is 26.2 Å². The predicted molar refractivity (Wildman–Crippen MR) is 164 cm³/mol. The summed E-state index contributed by atoms with van der Waals surface area (Å²) in [6.45, 7) is 5.46. The molecular formula is C31H37ClFN3O6S. The number of nitrogens with one attached hydrogen (secondary N) is 1. The number of rotatable bonds is 14. The quantitative estimate of drug-likeness (QED) is 0.259. The number of sulfonamides is 1. The monoisotopic (exact) mass is 633 g/mol. The summed E-state index contributed by atoms with van der Waals surface area (Å²) >= 11 is 6.06. The molecule has 3 rings (SSSR count). The SMILES string of the molecule is CC[C@@H](C(=O)NCC(C)C)N(Cc1ccc(Cl)cc1)C(=O)CN(c1ccc(F)cc1)S(=O)(=O)c1ccc(OC)c(OC)c1. The number of benzene rings is 3. The van der Waals surface area contributed by atoms with Crippen molar-refractivity contribution in [2.45, 2.75) is 44.7 Å². The first-order chi connectivity index (χ1) is 20.4. The normalized spacial score (nSPS) is 12.0. The lowest BCUT2D eigenvalue weighted by Crippen LogP contribution is -2.52. The van der Waals surface area contributed by atoms with Crippen molar-refractivity contribution in [3.63, 3.8) is 0 Å². The largest absolute Gasteiger partial charge is 0.493 e. The van der Waals surface area contributed by atoms with Gasteiger partial charge >= 0.3 is 0 Å². The van der Waals surface area contributed by atoms with Gasteiger partial charge in [-0.3, -0.25) is 13.9 Å². The van der Waals surface area contributed by atoms with Crippen LogP contribution in [0, 0.1) is 11.7 Å². The average molecular weight is 634 g/mol. The second-order valence-corrected chi connectivity index (χ2v) is 12.5. The molecule has 3 aromatic rings. The van der Waals surface area contributed by atoms with Gasteiger partial charge < -0.3 is 19.7 Å². The fourth-order valence-electron chi connectivity index (χ4n) is 4.37. The van der Waals surface area contributed by atoms with Crippen molar-refractivity contribution in [1.29, 1.82) is 0 Å². The summed E-state index contributed by atoms with van der Waals surface area (Å²) in [5, 5.41) is 3.39. The number of hydrogen-bond acceptors (Lipinski definition) is 6. The van der Waals surface area contributed by atoms with E-state index in [1.54, 1.807) is 31.2 Å². The van der Waals surface area contributed by atoms with Gasteiger partial charge in [0, 0.05) is 24.2 Å². The maximum absolute atomic E-state index is 14.1. The van der Waals surface area contributed by atoms with E-state index in [1.165, 1.54) is 49.5 Å². The Morgan fingerprint density at radius 3 is 2.14 bits per heavy atom. The standard InChI is InChI=1S/C31H37ClFN3O6S/c1-6-27(31(38)34-18-21(2)3)35(19-22-7-9-23(32)10-8-22)30(37)20-36(25-13-11-24(33)12-14-25)43(39,40)26-15-16-28(41-4)29(17-26)42-5/h7-17,21,27H,6,18-20H2,1-5H3,(H,34,38)/t27-/m0/s1. The first kappa shape index (κ1) is 33.7. The topological polar surface area (TPSA) is 105 Å². The van der Waals surface area contributed by atoms with Crippen LogP contribution in [0.1, 0.15) is 32.8 Å². The summed E-state index contributed by atoms with van der Waals surface area (Å²) in [6.07, 6.45) is 0.280. The Balaban J connectivity index is 2.08. The van der Waals surface area contributed by atoms with E-state index in [0.717, 1.165) is 16.4 Å². The lowest BCUT2D eigenvalue weighted by atomic mass is 10.1. The molecule has 1 N–H and O–H groups in total. The lowest BCUT2D eigenvalue weighted by Gasteiger charge is -2.33. The average Bonchev–Trinajstić information content (AvgIpc) is 2.99. The molecule has 0 spiro atoms. The zero-order chi connectivity index (χ0) is 31.7. The predicted octanol–water partition coefficient (Wildman–Crippen LogP) is 5.27. The van der Waals surface area contributed by atoms with Crippen LogP contribution in [0.25, 0.3) is 0 Å². The van der Waals surface area contributed by atoms with Crippen LogP contribution in [-0.4, -0.2) is 58.5 Å². The maximum Gasteiger partial charge on any atom is 0.264 e. The van der Waals surface area contributed by atoms with E-state index in [4.69, 9.17) is 21.1 Å². The number of nitrogens with zero attached hydrogens (tertiary/aromatic N) is 2. The first-order valence-electron chi connectivity index (χ1n) is 13.7. The van der Waals surface area contributed by atoms with Crippen LogP contribution in [0.5, 0.6) is 11.5 Å². The van der Waals surface area contributed by atoms with E-state index < -0.39 is 34.3 Å². The minimum absolute atomic E-state index is 0.0251. The Morgan fingerprint density at radius 2 is 1.58 bits per heavy atom. The molecule has 0 fully saturated rings. The second kappa shape index (κ2) is 15.1. The molecule has 43 heavy (non-hydrogen) atoms. The van der Waals surface area contributed by atoms with Crippen LogP contribution >= 0.6 is 11.6 Å². The van der Waals surface area contributed by atoms with Crippen LogP contribution in [0.2, 0.25) is 5.02 Å². The molecule has 1 atom stereocenters. The molecule has 0 saturated carbocycles. The van der Waals surface area contributed by atoms with Gasteiger partial charge in [-0.2, -0.15) is 0 Å². The number of amides is 2. The number of hydrogen-bond donors (Lipinski definition) is 1. The Hall–Kier alpha value is -3.83. The number of carbonyl (C=O) groups excluding carboxylic acids is 2. The third-order valence-corrected chi connectivity index (χ3v) is 8.69. The minimum atomic E-state index is -4.40. The van der Waals surface area contributed by atoms with Crippen molar-refractivity contribution in [3.8, 4) is 11.5 Å². The zero-order valence-corrected chi connectivity index (χ0v) is 26.4. The molecule has 0 unspecified atom stereocenters. The fraction of sp³-hybridized carbons (Fsp3) is 0.355. The van der Waals surface area contributed by atoms with Gasteiger partial charge in [0.1, 0.15) is 18.4 Å². The number of carbonyl (C=O) groups is 2. The number of methoxy groups -OCH3 is 2. The van der Waals surface area contributed by atoms with Gasteiger partial charge in [0.25, 0.3) is 10.0 Å². The third kappa shape index (κ3) is 8.61. The van der Waals surface area contributed by atoms with Crippen LogP contribution < -0.4 is 19.1 Å². The lowest BCUT2D eigenvalue weighted by molar-refractivity contribution is -0.140. The highest BCUT2D eigenvalue weighted by molar-refractivity contribution is 7.92. The number of halogens is 2. The summed E-state index contributed by atoms with van der Waals surface area (Å²) in [4.78, 5) is 28.6. The van der Waals surface area contributed by atoms with Crippen molar-refractivity contribution in [2.75, 3.05) is 31.6 Å². The van der Waals surface area contributed by atoms with E-state index in [0.29, 0.717) is 22.9 Å². The van der Waals surface area contributed by atoms with Gasteiger partial charge in [0.05, 0.1) is 24.8 Å². The van der Waals surface area contributed by atoms with E-state index >= 15 is 0 Å². The Labute approximate surface area is 257 Å². The Kier molecular flexibility index (Phi) is 11.8. The third-order valence-electron chi connectivity index (χ3n) is 6.67. The molecule has 0 radical (unpaired) electrons. The van der Waals surface area contributed by atoms with Crippen molar-refractivity contribution in [1.82, 2.24) is 10.2 Å². The smallest absolute Gasteiger partial charge is 0.264 e. The van der Waals surface area contributed by atoms with Gasteiger partial charge in [0.2, 0.25) is 11.8 Å². The van der Waals surface area contributed by atoms with Crippen molar-refractivity contribution >= 4 is 39.1 Å². The van der Waals surface area contributed by atoms with E-state index in [-0.39, 0.29) is 41.1 Å². The molecule has 0 aliphatic rings. The highest BCUT2D eigenvalue weighted by Crippen LogP contribution is 2.32. The van der Waals surface area contributed by atoms with Crippen molar-refractivity contribution < 1.29 is 31.9 Å². The van der Waals surface area contributed by atoms with Crippen molar-refractivity contribution in [3.05, 3.63) is 83.1 Å². The van der Waals surface area contributed by atoms with E-state index in [9.17, 15) is 22.4 Å². The maximum atomic E-state index is 14.1. The summed E-state index contributed by atoms with van der Waals surface area (Å²) in [6, 6.07) is 14.8. The molecule has 2 amide bonds. The number of ether oxygens (including phenoxy) is 2. The summed E-state index contributed by atoms with van der Waals surface area (Å²) in [7, 11) is -1.60. The van der Waals surface area contributed by atoms with Gasteiger partial charge in [-0.15, -0.1) is 0 Å². The molecule has 0 saturated heterocycles. The van der Waals surface area contributed by atoms with Gasteiger partial charge in [-0.25, -0.2) is 12.8 Å². The molecule has 12 heteroatoms. The minimum Gasteiger partial charge on any atom is -0.493 e.